The zero-order valence-corrected chi connectivity index (χ0v) is 28.2. The molecule has 0 unspecified atom stereocenters. The maximum atomic E-state index is 13.0. The van der Waals surface area contributed by atoms with Gasteiger partial charge in [0.1, 0.15) is 17.4 Å². The largest absolute Gasteiger partial charge is 0.484 e. The lowest BCUT2D eigenvalue weighted by atomic mass is 9.99. The van der Waals surface area contributed by atoms with E-state index in [1.54, 1.807) is 31.2 Å². The number of carbonyl (C=O) groups excluding carboxylic acids is 4. The maximum Gasteiger partial charge on any atom is 0.256 e. The van der Waals surface area contributed by atoms with Crippen LogP contribution in [0.2, 0.25) is 10.0 Å². The van der Waals surface area contributed by atoms with E-state index in [1.165, 1.54) is 12.1 Å². The van der Waals surface area contributed by atoms with Crippen molar-refractivity contribution in [1.29, 1.82) is 0 Å². The van der Waals surface area contributed by atoms with Crippen LogP contribution in [-0.4, -0.2) is 66.1 Å². The number of allylic oxidation sites excluding steroid dienone is 1. The zero-order chi connectivity index (χ0) is 33.7. The number of aromatic nitrogens is 1. The Hall–Kier alpha value is -4.18. The molecular weight excluding hydrogens is 627 g/mol. The van der Waals surface area contributed by atoms with E-state index >= 15 is 0 Å². The lowest BCUT2D eigenvalue weighted by Crippen LogP contribution is -2.35. The molecule has 11 heteroatoms. The number of rotatable bonds is 14. The van der Waals surface area contributed by atoms with Gasteiger partial charge in [0.2, 0.25) is 0 Å². The number of nitrogens with zero attached hydrogens (tertiary/aromatic N) is 1. The van der Waals surface area contributed by atoms with Crippen LogP contribution in [0.1, 0.15) is 69.6 Å². The third-order valence-electron chi connectivity index (χ3n) is 7.94. The first-order chi connectivity index (χ1) is 21.9. The number of Topliss-reactive ketones (excluding diaryl/α,β-unsaturated/α-hetero) is 2. The van der Waals surface area contributed by atoms with E-state index in [4.69, 9.17) is 27.9 Å². The molecule has 2 heterocycles. The molecule has 46 heavy (non-hydrogen) atoms. The Balaban J connectivity index is 1.47. The van der Waals surface area contributed by atoms with E-state index in [9.17, 15) is 19.2 Å². The van der Waals surface area contributed by atoms with Crippen molar-refractivity contribution in [3.05, 3.63) is 91.7 Å². The number of aromatic amines is 1. The van der Waals surface area contributed by atoms with Crippen molar-refractivity contribution < 1.29 is 23.9 Å². The fourth-order valence-electron chi connectivity index (χ4n) is 5.33. The van der Waals surface area contributed by atoms with Crippen LogP contribution in [0.25, 0.3) is 11.6 Å². The molecule has 1 aromatic heterocycles. The third kappa shape index (κ3) is 7.61. The van der Waals surface area contributed by atoms with E-state index in [-0.39, 0.29) is 57.8 Å². The van der Waals surface area contributed by atoms with Crippen molar-refractivity contribution >= 4 is 63.9 Å². The SMILES string of the molecule is C=C(C)C(=O)c1ccc(OCC(=O)Cc2ccc3c(c2)/C(=C/c2[nH]c(C)c(C(=O)NCCN(CC)CC)c2C)C(=O)N3)c(Cl)c1Cl. The van der Waals surface area contributed by atoms with E-state index < -0.39 is 0 Å². The number of anilines is 1. The van der Waals surface area contributed by atoms with Gasteiger partial charge in [-0.2, -0.15) is 0 Å². The van der Waals surface area contributed by atoms with Crippen molar-refractivity contribution in [2.75, 3.05) is 38.1 Å². The molecule has 1 aliphatic rings. The number of nitrogens with one attached hydrogen (secondary N) is 3. The first-order valence-corrected chi connectivity index (χ1v) is 15.8. The molecule has 0 aliphatic carbocycles. The van der Waals surface area contributed by atoms with Crippen LogP contribution in [-0.2, 0) is 16.0 Å². The standard InChI is InChI=1S/C35H38Cl2N4O5/c1-7-41(8-2)14-13-38-35(45)30-20(5)28(39-21(30)6)17-26-25-16-22(9-11-27(25)40-34(26)44)15-23(42)18-46-29-12-10-24(31(36)32(29)37)33(43)19(3)4/h9-12,16-17,39H,3,7-8,13-15,18H2,1-2,4-6H3,(H,38,45)(H,40,44)/b26-17-. The number of aryl methyl sites for hydroxylation is 1. The second kappa shape index (κ2) is 14.9. The molecular formula is C35H38Cl2N4O5. The molecule has 0 radical (unpaired) electrons. The number of H-pyrrole nitrogens is 1. The Morgan fingerprint density at radius 1 is 1.07 bits per heavy atom. The van der Waals surface area contributed by atoms with Crippen molar-refractivity contribution in [2.45, 2.75) is 41.0 Å². The molecule has 0 bridgehead atoms. The second-order valence-electron chi connectivity index (χ2n) is 11.2. The monoisotopic (exact) mass is 664 g/mol. The Morgan fingerprint density at radius 2 is 1.78 bits per heavy atom. The Kier molecular flexibility index (Phi) is 11.3. The maximum absolute atomic E-state index is 13.0. The van der Waals surface area contributed by atoms with Crippen molar-refractivity contribution in [1.82, 2.24) is 15.2 Å². The summed E-state index contributed by atoms with van der Waals surface area (Å²) in [5.74, 6) is -0.826. The molecule has 2 aromatic carbocycles. The van der Waals surface area contributed by atoms with Crippen LogP contribution < -0.4 is 15.4 Å². The lowest BCUT2D eigenvalue weighted by Gasteiger charge is -2.18. The van der Waals surface area contributed by atoms with Gasteiger partial charge in [0, 0.05) is 47.7 Å². The summed E-state index contributed by atoms with van der Waals surface area (Å²) >= 11 is 12.6. The number of amides is 2. The van der Waals surface area contributed by atoms with Gasteiger partial charge in [0.05, 0.1) is 16.2 Å². The lowest BCUT2D eigenvalue weighted by molar-refractivity contribution is -0.120. The van der Waals surface area contributed by atoms with Crippen LogP contribution in [0.5, 0.6) is 5.75 Å². The van der Waals surface area contributed by atoms with Gasteiger partial charge in [0.25, 0.3) is 11.8 Å². The topological polar surface area (TPSA) is 121 Å². The summed E-state index contributed by atoms with van der Waals surface area (Å²) in [6.45, 7) is 15.9. The first kappa shape index (κ1) is 34.7. The predicted octanol–water partition coefficient (Wildman–Crippen LogP) is 6.45. The smallest absolute Gasteiger partial charge is 0.256 e. The average molecular weight is 666 g/mol. The van der Waals surface area contributed by atoms with Gasteiger partial charge in [-0.25, -0.2) is 0 Å². The quantitative estimate of drug-likeness (QED) is 0.135. The Labute approximate surface area is 279 Å². The summed E-state index contributed by atoms with van der Waals surface area (Å²) in [4.78, 5) is 56.6. The van der Waals surface area contributed by atoms with Gasteiger partial charge < -0.3 is 25.3 Å². The van der Waals surface area contributed by atoms with E-state index in [2.05, 4.69) is 40.9 Å². The number of ketones is 2. The average Bonchev–Trinajstić information content (AvgIpc) is 3.48. The molecule has 1 aliphatic heterocycles. The number of carbonyl (C=O) groups is 4. The Morgan fingerprint density at radius 3 is 2.46 bits per heavy atom. The van der Waals surface area contributed by atoms with Gasteiger partial charge in [-0.15, -0.1) is 0 Å². The van der Waals surface area contributed by atoms with E-state index in [0.717, 1.165) is 25.2 Å². The normalized spacial score (nSPS) is 13.1. The van der Waals surface area contributed by atoms with Gasteiger partial charge in [-0.05, 0) is 80.9 Å². The van der Waals surface area contributed by atoms with Crippen molar-refractivity contribution in [3.8, 4) is 5.75 Å². The van der Waals surface area contributed by atoms with Crippen molar-refractivity contribution in [3.63, 3.8) is 0 Å². The molecule has 9 nitrogen and oxygen atoms in total. The van der Waals surface area contributed by atoms with Crippen LogP contribution in [0.3, 0.4) is 0 Å². The highest BCUT2D eigenvalue weighted by Gasteiger charge is 2.26. The molecule has 242 valence electrons. The molecule has 0 saturated carbocycles. The summed E-state index contributed by atoms with van der Waals surface area (Å²) in [6, 6.07) is 8.30. The van der Waals surface area contributed by atoms with E-state index in [1.807, 2.05) is 13.8 Å². The van der Waals surface area contributed by atoms with Gasteiger partial charge in [-0.1, -0.05) is 49.7 Å². The minimum atomic E-state index is -0.332. The van der Waals surface area contributed by atoms with Crippen LogP contribution >= 0.6 is 23.2 Å². The number of ether oxygens (including phenoxy) is 1. The molecule has 2 amide bonds. The molecule has 0 spiro atoms. The number of likely N-dealkylation sites (N-methyl/N-ethyl adjacent to an activating group) is 1. The fourth-order valence-corrected chi connectivity index (χ4v) is 5.79. The van der Waals surface area contributed by atoms with Gasteiger partial charge >= 0.3 is 0 Å². The minimum Gasteiger partial charge on any atom is -0.484 e. The number of fused-ring (bicyclic) bond motifs is 1. The molecule has 4 rings (SSSR count). The zero-order valence-electron chi connectivity index (χ0n) is 26.7. The molecule has 3 N–H and O–H groups in total. The van der Waals surface area contributed by atoms with Crippen LogP contribution in [0, 0.1) is 13.8 Å². The molecule has 3 aromatic rings. The Bertz CT molecular complexity index is 1750. The first-order valence-electron chi connectivity index (χ1n) is 15.0. The van der Waals surface area contributed by atoms with Crippen molar-refractivity contribution in [2.24, 2.45) is 0 Å². The molecule has 0 fully saturated rings. The van der Waals surface area contributed by atoms with Gasteiger partial charge in [-0.3, -0.25) is 19.2 Å². The van der Waals surface area contributed by atoms with E-state index in [0.29, 0.717) is 51.5 Å². The fraction of sp³-hybridized carbons (Fsp3) is 0.314. The highest BCUT2D eigenvalue weighted by molar-refractivity contribution is 6.45. The summed E-state index contributed by atoms with van der Waals surface area (Å²) in [7, 11) is 0. The molecule has 0 saturated heterocycles. The summed E-state index contributed by atoms with van der Waals surface area (Å²) in [6.07, 6.45) is 1.78. The number of hydrogen-bond donors (Lipinski definition) is 3. The number of benzene rings is 2. The number of hydrogen-bond acceptors (Lipinski definition) is 6. The highest BCUT2D eigenvalue weighted by atomic mass is 35.5. The second-order valence-corrected chi connectivity index (χ2v) is 11.9. The minimum absolute atomic E-state index is 0.0326. The van der Waals surface area contributed by atoms with Crippen LogP contribution in [0.15, 0.2) is 42.5 Å². The molecule has 0 atom stereocenters. The summed E-state index contributed by atoms with van der Waals surface area (Å²) in [5.41, 5.74) is 5.58. The predicted molar refractivity (Wildman–Crippen MR) is 183 cm³/mol. The van der Waals surface area contributed by atoms with Crippen LogP contribution in [0.4, 0.5) is 5.69 Å². The summed E-state index contributed by atoms with van der Waals surface area (Å²) in [5, 5.41) is 5.94. The highest BCUT2D eigenvalue weighted by Crippen LogP contribution is 2.37. The number of halogens is 2. The van der Waals surface area contributed by atoms with Gasteiger partial charge in [0.15, 0.2) is 11.6 Å². The summed E-state index contributed by atoms with van der Waals surface area (Å²) < 4.78 is 5.63. The third-order valence-corrected chi connectivity index (χ3v) is 8.80.